The average Bonchev–Trinajstić information content (AvgIpc) is 2.96. The molecule has 16 heavy (non-hydrogen) atoms. The molecule has 0 aromatic heterocycles. The molecule has 1 atom stereocenters. The van der Waals surface area contributed by atoms with Gasteiger partial charge in [-0.1, -0.05) is 5.16 Å². The van der Waals surface area contributed by atoms with Gasteiger partial charge < -0.3 is 15.3 Å². The number of nitrogens with one attached hydrogen (secondary N) is 1. The number of rotatable bonds is 6. The van der Waals surface area contributed by atoms with E-state index in [1.807, 2.05) is 6.92 Å². The van der Waals surface area contributed by atoms with Gasteiger partial charge in [0.2, 0.25) is 0 Å². The molecule has 0 aromatic carbocycles. The van der Waals surface area contributed by atoms with Crippen LogP contribution in [-0.2, 0) is 4.84 Å². The number of nitrogens with zero attached hydrogens (tertiary/aromatic N) is 1. The van der Waals surface area contributed by atoms with Crippen LogP contribution in [0.2, 0.25) is 0 Å². The van der Waals surface area contributed by atoms with E-state index in [0.29, 0.717) is 12.5 Å². The second kappa shape index (κ2) is 5.64. The molecule has 0 aliphatic heterocycles. The first kappa shape index (κ1) is 13.5. The van der Waals surface area contributed by atoms with Gasteiger partial charge in [-0.3, -0.25) is 0 Å². The van der Waals surface area contributed by atoms with Crippen LogP contribution in [0, 0.1) is 5.92 Å². The van der Waals surface area contributed by atoms with Crippen molar-refractivity contribution in [2.75, 3.05) is 13.2 Å². The Kier molecular flexibility index (Phi) is 4.74. The summed E-state index contributed by atoms with van der Waals surface area (Å²) in [5.41, 5.74) is 1.07. The minimum atomic E-state index is -0.505. The van der Waals surface area contributed by atoms with Crippen LogP contribution in [0.25, 0.3) is 0 Å². The summed E-state index contributed by atoms with van der Waals surface area (Å²) < 4.78 is 0. The molecule has 0 aromatic rings. The number of hydrogen-bond acceptors (Lipinski definition) is 4. The van der Waals surface area contributed by atoms with Crippen LogP contribution >= 0.6 is 0 Å². The van der Waals surface area contributed by atoms with Gasteiger partial charge in [0.1, 0.15) is 12.7 Å². The molecule has 2 N–H and O–H groups in total. The van der Waals surface area contributed by atoms with Crippen molar-refractivity contribution in [3.05, 3.63) is 0 Å². The van der Waals surface area contributed by atoms with Crippen molar-refractivity contribution >= 4 is 5.71 Å². The Morgan fingerprint density at radius 1 is 1.50 bits per heavy atom. The Bertz CT molecular complexity index is 242. The van der Waals surface area contributed by atoms with Crippen molar-refractivity contribution < 1.29 is 9.94 Å². The highest BCUT2D eigenvalue weighted by Crippen LogP contribution is 2.30. The molecular formula is C12H24N2O2. The number of aliphatic hydroxyl groups is 1. The van der Waals surface area contributed by atoms with Crippen molar-refractivity contribution in [1.82, 2.24) is 5.32 Å². The second-order valence-corrected chi connectivity index (χ2v) is 5.59. The van der Waals surface area contributed by atoms with Gasteiger partial charge in [0.15, 0.2) is 0 Å². The number of aliphatic hydroxyl groups excluding tert-OH is 1. The topological polar surface area (TPSA) is 53.9 Å². The first-order chi connectivity index (χ1) is 7.38. The van der Waals surface area contributed by atoms with E-state index in [4.69, 9.17) is 4.84 Å². The van der Waals surface area contributed by atoms with Crippen LogP contribution in [-0.4, -0.2) is 35.6 Å². The summed E-state index contributed by atoms with van der Waals surface area (Å²) in [5, 5.41) is 16.8. The van der Waals surface area contributed by atoms with Gasteiger partial charge >= 0.3 is 0 Å². The van der Waals surface area contributed by atoms with E-state index >= 15 is 0 Å². The molecule has 1 aliphatic rings. The summed E-state index contributed by atoms with van der Waals surface area (Å²) in [7, 11) is 0. The van der Waals surface area contributed by atoms with Gasteiger partial charge in [-0.05, 0) is 40.5 Å². The third-order valence-corrected chi connectivity index (χ3v) is 2.51. The molecule has 4 heteroatoms. The Morgan fingerprint density at radius 2 is 2.12 bits per heavy atom. The van der Waals surface area contributed by atoms with E-state index in [1.165, 1.54) is 12.8 Å². The molecule has 0 unspecified atom stereocenters. The minimum Gasteiger partial charge on any atom is -0.393 e. The zero-order valence-electron chi connectivity index (χ0n) is 10.8. The summed E-state index contributed by atoms with van der Waals surface area (Å²) in [6, 6.07) is 0. The normalized spacial score (nSPS) is 19.7. The van der Waals surface area contributed by atoms with E-state index in [9.17, 15) is 5.11 Å². The maximum absolute atomic E-state index is 9.62. The molecule has 0 heterocycles. The highest BCUT2D eigenvalue weighted by molar-refractivity contribution is 5.85. The zero-order chi connectivity index (χ0) is 12.2. The van der Waals surface area contributed by atoms with Gasteiger partial charge in [-0.25, -0.2) is 0 Å². The van der Waals surface area contributed by atoms with E-state index in [0.717, 1.165) is 5.71 Å². The molecule has 1 saturated carbocycles. The lowest BCUT2D eigenvalue weighted by Gasteiger charge is -2.22. The van der Waals surface area contributed by atoms with E-state index in [-0.39, 0.29) is 12.1 Å². The van der Waals surface area contributed by atoms with Crippen LogP contribution in [0.3, 0.4) is 0 Å². The summed E-state index contributed by atoms with van der Waals surface area (Å²) >= 11 is 0. The fourth-order valence-electron chi connectivity index (χ4n) is 1.28. The third kappa shape index (κ3) is 6.08. The highest BCUT2D eigenvalue weighted by Gasteiger charge is 2.24. The van der Waals surface area contributed by atoms with Crippen molar-refractivity contribution in [3.63, 3.8) is 0 Å². The highest BCUT2D eigenvalue weighted by atomic mass is 16.6. The lowest BCUT2D eigenvalue weighted by atomic mass is 10.1. The Balaban J connectivity index is 2.10. The quantitative estimate of drug-likeness (QED) is 0.535. The fraction of sp³-hybridized carbons (Fsp3) is 0.917. The lowest BCUT2D eigenvalue weighted by molar-refractivity contribution is 0.0368. The van der Waals surface area contributed by atoms with Crippen LogP contribution in [0.5, 0.6) is 0 Å². The smallest absolute Gasteiger partial charge is 0.144 e. The van der Waals surface area contributed by atoms with Crippen LogP contribution < -0.4 is 5.32 Å². The standard InChI is InChI=1S/C12H24N2O2/c1-9(10-5-6-10)14-16-8-11(15)7-13-12(2,3)4/h10-11,13,15H,5-8H2,1-4H3/b14-9-/t11-/m0/s1. The largest absolute Gasteiger partial charge is 0.393 e. The molecule has 94 valence electrons. The lowest BCUT2D eigenvalue weighted by Crippen LogP contribution is -2.42. The summed E-state index contributed by atoms with van der Waals surface area (Å²) in [5.74, 6) is 0.629. The monoisotopic (exact) mass is 228 g/mol. The first-order valence-electron chi connectivity index (χ1n) is 5.98. The molecule has 0 saturated heterocycles. The molecular weight excluding hydrogens is 204 g/mol. The minimum absolute atomic E-state index is 0.0220. The molecule has 1 fully saturated rings. The number of hydrogen-bond donors (Lipinski definition) is 2. The Labute approximate surface area is 98.1 Å². The van der Waals surface area contributed by atoms with Gasteiger partial charge in [0.05, 0.1) is 5.71 Å². The first-order valence-corrected chi connectivity index (χ1v) is 5.98. The van der Waals surface area contributed by atoms with Crippen molar-refractivity contribution in [2.45, 2.75) is 52.2 Å². The Hall–Kier alpha value is -0.610. The number of oxime groups is 1. The maximum atomic E-state index is 9.62. The molecule has 1 rings (SSSR count). The van der Waals surface area contributed by atoms with E-state index in [2.05, 4.69) is 31.2 Å². The SMILES string of the molecule is C/C(=N/OC[C@@H](O)CNC(C)(C)C)C1CC1. The molecule has 0 amide bonds. The van der Waals surface area contributed by atoms with Gasteiger partial charge in [-0.15, -0.1) is 0 Å². The molecule has 4 nitrogen and oxygen atoms in total. The van der Waals surface area contributed by atoms with Crippen molar-refractivity contribution in [1.29, 1.82) is 0 Å². The predicted molar refractivity (Wildman–Crippen MR) is 65.5 cm³/mol. The van der Waals surface area contributed by atoms with Crippen LogP contribution in [0.4, 0.5) is 0 Å². The average molecular weight is 228 g/mol. The van der Waals surface area contributed by atoms with Crippen molar-refractivity contribution in [3.8, 4) is 0 Å². The number of β-amino-alcohol motifs (C(OH)–C–C–N with tert-alkyl or cyclic N) is 1. The van der Waals surface area contributed by atoms with E-state index in [1.54, 1.807) is 0 Å². The van der Waals surface area contributed by atoms with Crippen molar-refractivity contribution in [2.24, 2.45) is 11.1 Å². The Morgan fingerprint density at radius 3 is 2.62 bits per heavy atom. The summed E-state index contributed by atoms with van der Waals surface area (Å²) in [6.07, 6.45) is 1.95. The summed E-state index contributed by atoms with van der Waals surface area (Å²) in [4.78, 5) is 5.12. The molecule has 1 aliphatic carbocycles. The van der Waals surface area contributed by atoms with Crippen LogP contribution in [0.1, 0.15) is 40.5 Å². The zero-order valence-corrected chi connectivity index (χ0v) is 10.8. The molecule has 0 radical (unpaired) electrons. The second-order valence-electron chi connectivity index (χ2n) is 5.59. The third-order valence-electron chi connectivity index (χ3n) is 2.51. The maximum Gasteiger partial charge on any atom is 0.144 e. The summed E-state index contributed by atoms with van der Waals surface area (Å²) in [6.45, 7) is 8.97. The van der Waals surface area contributed by atoms with E-state index < -0.39 is 6.10 Å². The van der Waals surface area contributed by atoms with Gasteiger partial charge in [0, 0.05) is 18.0 Å². The predicted octanol–water partition coefficient (Wildman–Crippen LogP) is 1.54. The van der Waals surface area contributed by atoms with Gasteiger partial charge in [0.25, 0.3) is 0 Å². The molecule has 0 bridgehead atoms. The van der Waals surface area contributed by atoms with Gasteiger partial charge in [-0.2, -0.15) is 0 Å². The van der Waals surface area contributed by atoms with Crippen LogP contribution in [0.15, 0.2) is 5.16 Å². The fourth-order valence-corrected chi connectivity index (χ4v) is 1.28. The molecule has 0 spiro atoms.